The van der Waals surface area contributed by atoms with Crippen LogP contribution in [0.4, 0.5) is 0 Å². The normalized spacial score (nSPS) is 12.2. The Morgan fingerprint density at radius 1 is 1.42 bits per heavy atom. The molecule has 0 radical (unpaired) electrons. The van der Waals surface area contributed by atoms with Gasteiger partial charge in [-0.15, -0.1) is 11.3 Å². The van der Waals surface area contributed by atoms with Gasteiger partial charge in [-0.1, -0.05) is 18.7 Å². The van der Waals surface area contributed by atoms with Crippen molar-refractivity contribution in [1.82, 2.24) is 14.9 Å². The van der Waals surface area contributed by atoms with Gasteiger partial charge in [0.1, 0.15) is 4.70 Å². The van der Waals surface area contributed by atoms with Crippen molar-refractivity contribution in [2.75, 3.05) is 5.75 Å². The molecule has 2 aromatic rings. The average molecular weight is 398 g/mol. The molecule has 2 rings (SSSR count). The monoisotopic (exact) mass is 397 g/mol. The van der Waals surface area contributed by atoms with Gasteiger partial charge in [-0.05, 0) is 37.6 Å². The minimum atomic E-state index is -0.847. The number of aromatic nitrogens is 2. The summed E-state index contributed by atoms with van der Waals surface area (Å²) in [5, 5.41) is 13.9. The maximum atomic E-state index is 12.7. The minimum Gasteiger partial charge on any atom is -0.481 e. The van der Waals surface area contributed by atoms with E-state index in [2.05, 4.69) is 10.3 Å². The van der Waals surface area contributed by atoms with Crippen molar-refractivity contribution in [2.45, 2.75) is 57.3 Å². The summed E-state index contributed by atoms with van der Waals surface area (Å²) in [7, 11) is 0. The number of nitrogens with one attached hydrogen (secondary N) is 1. The molecule has 1 unspecified atom stereocenters. The molecule has 0 saturated carbocycles. The molecule has 0 aliphatic heterocycles. The van der Waals surface area contributed by atoms with Crippen molar-refractivity contribution < 1.29 is 14.7 Å². The predicted molar refractivity (Wildman–Crippen MR) is 104 cm³/mol. The summed E-state index contributed by atoms with van der Waals surface area (Å²) in [6, 6.07) is 1.90. The van der Waals surface area contributed by atoms with Crippen LogP contribution in [0.15, 0.2) is 21.4 Å². The lowest BCUT2D eigenvalue weighted by atomic mass is 10.2. The summed E-state index contributed by atoms with van der Waals surface area (Å²) < 4.78 is 2.14. The molecule has 26 heavy (non-hydrogen) atoms. The molecule has 0 fully saturated rings. The summed E-state index contributed by atoms with van der Waals surface area (Å²) in [6.07, 6.45) is 1.98. The second kappa shape index (κ2) is 9.72. The van der Waals surface area contributed by atoms with Crippen LogP contribution in [0.3, 0.4) is 0 Å². The van der Waals surface area contributed by atoms with Crippen LogP contribution in [0.25, 0.3) is 10.2 Å². The Morgan fingerprint density at radius 2 is 2.19 bits per heavy atom. The van der Waals surface area contributed by atoms with Gasteiger partial charge in [0.05, 0.1) is 11.3 Å². The second-order valence-corrected chi connectivity index (χ2v) is 7.86. The molecule has 9 heteroatoms. The standard InChI is InChI=1S/C17H23N3O4S2/c1-3-11(2)18-13(21)10-26-17-19-12-7-9-25-15(12)16(24)20(17)8-5-4-6-14(22)23/h7,9,11H,3-6,8,10H2,1-2H3,(H,18,21)(H,22,23). The number of unbranched alkanes of at least 4 members (excludes halogenated alkanes) is 1. The van der Waals surface area contributed by atoms with E-state index in [1.165, 1.54) is 23.1 Å². The van der Waals surface area contributed by atoms with Gasteiger partial charge in [-0.25, -0.2) is 4.98 Å². The first-order valence-electron chi connectivity index (χ1n) is 8.54. The topological polar surface area (TPSA) is 101 Å². The van der Waals surface area contributed by atoms with Crippen molar-refractivity contribution in [1.29, 1.82) is 0 Å². The van der Waals surface area contributed by atoms with Crippen molar-refractivity contribution >= 4 is 45.2 Å². The molecular weight excluding hydrogens is 374 g/mol. The van der Waals surface area contributed by atoms with Crippen molar-refractivity contribution in [3.8, 4) is 0 Å². The molecular formula is C17H23N3O4S2. The number of rotatable bonds is 10. The minimum absolute atomic E-state index is 0.0726. The Morgan fingerprint density at radius 3 is 2.88 bits per heavy atom. The lowest BCUT2D eigenvalue weighted by molar-refractivity contribution is -0.137. The number of carboxylic acid groups (broad SMARTS) is 1. The predicted octanol–water partition coefficient (Wildman–Crippen LogP) is 2.72. The van der Waals surface area contributed by atoms with Crippen molar-refractivity contribution in [3.05, 3.63) is 21.8 Å². The van der Waals surface area contributed by atoms with Crippen LogP contribution >= 0.6 is 23.1 Å². The molecule has 1 atom stereocenters. The highest BCUT2D eigenvalue weighted by Crippen LogP contribution is 2.21. The number of aliphatic carboxylic acids is 1. The number of carbonyl (C=O) groups is 2. The lowest BCUT2D eigenvalue weighted by Gasteiger charge is -2.13. The smallest absolute Gasteiger partial charge is 0.303 e. The van der Waals surface area contributed by atoms with E-state index in [4.69, 9.17) is 5.11 Å². The van der Waals surface area contributed by atoms with E-state index in [0.29, 0.717) is 34.8 Å². The van der Waals surface area contributed by atoms with E-state index >= 15 is 0 Å². The van der Waals surface area contributed by atoms with Crippen LogP contribution < -0.4 is 10.9 Å². The van der Waals surface area contributed by atoms with E-state index in [1.807, 2.05) is 19.2 Å². The molecule has 142 valence electrons. The molecule has 0 aliphatic rings. The molecule has 0 aliphatic carbocycles. The number of thioether (sulfide) groups is 1. The summed E-state index contributed by atoms with van der Waals surface area (Å²) in [4.78, 5) is 39.9. The first-order valence-corrected chi connectivity index (χ1v) is 10.4. The van der Waals surface area contributed by atoms with E-state index in [-0.39, 0.29) is 29.7 Å². The van der Waals surface area contributed by atoms with Crippen LogP contribution in [-0.2, 0) is 16.1 Å². The number of hydrogen-bond donors (Lipinski definition) is 2. The van der Waals surface area contributed by atoms with Gasteiger partial charge in [-0.2, -0.15) is 0 Å². The zero-order valence-corrected chi connectivity index (χ0v) is 16.5. The molecule has 1 amide bonds. The third kappa shape index (κ3) is 5.57. The molecule has 0 saturated heterocycles. The van der Waals surface area contributed by atoms with Gasteiger partial charge in [0.15, 0.2) is 5.16 Å². The molecule has 7 nitrogen and oxygen atoms in total. The average Bonchev–Trinajstić information content (AvgIpc) is 3.07. The Bertz CT molecular complexity index is 831. The third-order valence-corrected chi connectivity index (χ3v) is 5.77. The van der Waals surface area contributed by atoms with Gasteiger partial charge in [0.2, 0.25) is 5.91 Å². The summed E-state index contributed by atoms with van der Waals surface area (Å²) in [6.45, 7) is 4.33. The number of hydrogen-bond acceptors (Lipinski definition) is 6. The SMILES string of the molecule is CCC(C)NC(=O)CSc1nc2ccsc2c(=O)n1CCCCC(=O)O. The highest BCUT2D eigenvalue weighted by atomic mass is 32.2. The van der Waals surface area contributed by atoms with Crippen LogP contribution in [0.1, 0.15) is 39.5 Å². The summed E-state index contributed by atoms with van der Waals surface area (Å²) in [5.41, 5.74) is 0.497. The zero-order valence-electron chi connectivity index (χ0n) is 14.9. The van der Waals surface area contributed by atoms with Crippen molar-refractivity contribution in [2.24, 2.45) is 0 Å². The molecule has 2 N–H and O–H groups in total. The fourth-order valence-electron chi connectivity index (χ4n) is 2.33. The highest BCUT2D eigenvalue weighted by Gasteiger charge is 2.15. The second-order valence-electron chi connectivity index (χ2n) is 6.00. The molecule has 2 heterocycles. The number of carbonyl (C=O) groups excluding carboxylic acids is 1. The molecule has 0 aromatic carbocycles. The molecule has 0 spiro atoms. The quantitative estimate of drug-likeness (QED) is 0.363. The van der Waals surface area contributed by atoms with Crippen LogP contribution in [0.5, 0.6) is 0 Å². The first-order chi connectivity index (χ1) is 12.4. The molecule has 2 aromatic heterocycles. The van der Waals surface area contributed by atoms with Crippen molar-refractivity contribution in [3.63, 3.8) is 0 Å². The van der Waals surface area contributed by atoms with Gasteiger partial charge >= 0.3 is 5.97 Å². The summed E-state index contributed by atoms with van der Waals surface area (Å²) in [5.74, 6) is -0.761. The largest absolute Gasteiger partial charge is 0.481 e. The van der Waals surface area contributed by atoms with Crippen LogP contribution in [0, 0.1) is 0 Å². The van der Waals surface area contributed by atoms with E-state index in [9.17, 15) is 14.4 Å². The number of amides is 1. The third-order valence-electron chi connectivity index (χ3n) is 3.91. The molecule has 0 bridgehead atoms. The van der Waals surface area contributed by atoms with Crippen LogP contribution in [-0.4, -0.2) is 38.3 Å². The highest BCUT2D eigenvalue weighted by molar-refractivity contribution is 7.99. The van der Waals surface area contributed by atoms with Crippen LogP contribution in [0.2, 0.25) is 0 Å². The number of nitrogens with zero attached hydrogens (tertiary/aromatic N) is 2. The number of carboxylic acids is 1. The maximum absolute atomic E-state index is 12.7. The first kappa shape index (κ1) is 20.4. The Balaban J connectivity index is 2.14. The fourth-order valence-corrected chi connectivity index (χ4v) is 3.94. The van der Waals surface area contributed by atoms with Gasteiger partial charge in [0, 0.05) is 19.0 Å². The van der Waals surface area contributed by atoms with Gasteiger partial charge in [0.25, 0.3) is 5.56 Å². The fraction of sp³-hybridized carbons (Fsp3) is 0.529. The van der Waals surface area contributed by atoms with E-state index in [0.717, 1.165) is 6.42 Å². The Labute approximate surface area is 159 Å². The van der Waals surface area contributed by atoms with Gasteiger partial charge < -0.3 is 10.4 Å². The lowest BCUT2D eigenvalue weighted by Crippen LogP contribution is -2.33. The number of fused-ring (bicyclic) bond motifs is 1. The van der Waals surface area contributed by atoms with Gasteiger partial charge in [-0.3, -0.25) is 19.0 Å². The summed E-state index contributed by atoms with van der Waals surface area (Å²) >= 11 is 2.57. The Hall–Kier alpha value is -1.87. The van der Waals surface area contributed by atoms with E-state index < -0.39 is 5.97 Å². The zero-order chi connectivity index (χ0) is 19.1. The van der Waals surface area contributed by atoms with E-state index in [1.54, 1.807) is 10.6 Å². The Kier molecular flexibility index (Phi) is 7.65. The number of thiophene rings is 1. The maximum Gasteiger partial charge on any atom is 0.303 e.